The molecule has 1 heterocycles. The molecule has 5 aromatic rings. The van der Waals surface area contributed by atoms with Crippen molar-refractivity contribution in [2.45, 2.75) is 19.6 Å². The van der Waals surface area contributed by atoms with Crippen molar-refractivity contribution in [3.8, 4) is 5.75 Å². The molecule has 0 aliphatic carbocycles. The van der Waals surface area contributed by atoms with Crippen LogP contribution in [-0.2, 0) is 40.5 Å². The Bertz CT molecular complexity index is 2910. The molecule has 0 saturated heterocycles. The molecule has 5 rings (SSSR count). The summed E-state index contributed by atoms with van der Waals surface area (Å²) in [4.78, 5) is 1.91. The van der Waals surface area contributed by atoms with E-state index in [1.54, 1.807) is 0 Å². The fourth-order valence-corrected chi connectivity index (χ4v) is 7.10. The molecule has 0 saturated carbocycles. The van der Waals surface area contributed by atoms with E-state index in [9.17, 15) is 70.2 Å². The normalized spacial score (nSPS) is 12.9. The number of hydrogen-bond donors (Lipinski definition) is 7. The molecule has 0 atom stereocenters. The van der Waals surface area contributed by atoms with Gasteiger partial charge < -0.3 is 16.2 Å². The van der Waals surface area contributed by atoms with Crippen LogP contribution in [0.5, 0.6) is 5.75 Å². The maximum atomic E-state index is 13.9. The molecule has 0 aliphatic heterocycles. The molecular weight excluding hydrogens is 818 g/mol. The fraction of sp³-hybridized carbons (Fsp3) is 0. The van der Waals surface area contributed by atoms with E-state index >= 15 is 0 Å². The van der Waals surface area contributed by atoms with E-state index < -0.39 is 129 Å². The van der Waals surface area contributed by atoms with E-state index in [4.69, 9.17) is 5.73 Å². The quantitative estimate of drug-likeness (QED) is 0.0426. The predicted molar refractivity (Wildman–Crippen MR) is 176 cm³/mol. The van der Waals surface area contributed by atoms with Gasteiger partial charge in [0.15, 0.2) is 5.75 Å². The number of phenolic OH excluding ortho intramolecular Hbond substituents is 1. The van der Waals surface area contributed by atoms with Crippen molar-refractivity contribution in [3.05, 3.63) is 72.3 Å². The Hall–Kier alpha value is -5.75. The van der Waals surface area contributed by atoms with Crippen LogP contribution < -0.4 is 11.1 Å². The van der Waals surface area contributed by atoms with Crippen LogP contribution in [0.1, 0.15) is 0 Å². The topological polar surface area (TPSA) is 351 Å². The first-order valence-electron chi connectivity index (χ1n) is 13.6. The summed E-state index contributed by atoms with van der Waals surface area (Å²) >= 11 is 0. The zero-order chi connectivity index (χ0) is 40.1. The molecular formula is C26H17F3N8O13S4. The number of nitrogen functional groups attached to an aromatic ring is 1. The van der Waals surface area contributed by atoms with Crippen LogP contribution in [0.3, 0.4) is 0 Å². The monoisotopic (exact) mass is 834 g/mol. The van der Waals surface area contributed by atoms with Gasteiger partial charge in [0.25, 0.3) is 40.5 Å². The third-order valence-corrected chi connectivity index (χ3v) is 10.3. The van der Waals surface area contributed by atoms with E-state index in [2.05, 4.69) is 35.7 Å². The van der Waals surface area contributed by atoms with Crippen molar-refractivity contribution < 1.29 is 70.2 Å². The standard InChI is InChI=1S/C26H17F3N8O13S4/c27-11-1-3-15(51(39,40)41)13(7-11)34-36-23-17(53(45,46)47)5-10-6-18(54(48,49)50)24(25(38)21(10)22(23)30)37-35-14-8-12(2-4-16(14)52(42,43)44)31-26-32-19(28)9-20(29)33-26/h1-9,38H,30H2,(H,31,32,33)(H,39,40,41)(H,42,43,44)(H,45,46,47)(H,48,49,50)/b36-34+,37-35+. The summed E-state index contributed by atoms with van der Waals surface area (Å²) in [5.74, 6) is -5.77. The van der Waals surface area contributed by atoms with Crippen molar-refractivity contribution in [2.24, 2.45) is 20.5 Å². The van der Waals surface area contributed by atoms with E-state index in [1.165, 1.54) is 0 Å². The molecule has 4 aromatic carbocycles. The number of halogens is 3. The van der Waals surface area contributed by atoms with Crippen molar-refractivity contribution in [1.29, 1.82) is 0 Å². The number of anilines is 3. The third kappa shape index (κ3) is 8.39. The number of aromatic hydroxyl groups is 1. The Labute approximate surface area is 299 Å². The summed E-state index contributed by atoms with van der Waals surface area (Å²) < 4.78 is 177. The second-order valence-electron chi connectivity index (χ2n) is 10.4. The number of fused-ring (bicyclic) bond motifs is 1. The van der Waals surface area contributed by atoms with Gasteiger partial charge in [0.1, 0.15) is 48.1 Å². The van der Waals surface area contributed by atoms with Crippen LogP contribution in [0, 0.1) is 17.7 Å². The van der Waals surface area contributed by atoms with Crippen LogP contribution in [0.15, 0.2) is 94.6 Å². The van der Waals surface area contributed by atoms with Crippen LogP contribution in [-0.4, -0.2) is 67.0 Å². The van der Waals surface area contributed by atoms with Gasteiger partial charge in [-0.2, -0.15) is 52.4 Å². The molecule has 54 heavy (non-hydrogen) atoms. The van der Waals surface area contributed by atoms with Crippen molar-refractivity contribution in [1.82, 2.24) is 9.97 Å². The molecule has 0 radical (unpaired) electrons. The highest BCUT2D eigenvalue weighted by atomic mass is 32.2. The van der Waals surface area contributed by atoms with Gasteiger partial charge in [0, 0.05) is 17.8 Å². The molecule has 8 N–H and O–H groups in total. The average Bonchev–Trinajstić information content (AvgIpc) is 3.01. The third-order valence-electron chi connectivity index (χ3n) is 6.74. The van der Waals surface area contributed by atoms with E-state index in [1.807, 2.05) is 0 Å². The molecule has 0 unspecified atom stereocenters. The Kier molecular flexibility index (Phi) is 10.2. The number of hydrogen-bond acceptors (Lipinski definition) is 17. The molecule has 0 fully saturated rings. The van der Waals surface area contributed by atoms with Crippen molar-refractivity contribution in [3.63, 3.8) is 0 Å². The molecule has 1 aromatic heterocycles. The van der Waals surface area contributed by atoms with Gasteiger partial charge >= 0.3 is 0 Å². The lowest BCUT2D eigenvalue weighted by atomic mass is 10.1. The van der Waals surface area contributed by atoms with E-state index in [0.29, 0.717) is 42.5 Å². The Morgan fingerprint density at radius 2 is 1.06 bits per heavy atom. The van der Waals surface area contributed by atoms with Crippen LogP contribution in [0.2, 0.25) is 0 Å². The number of aromatic nitrogens is 2. The number of nitrogens with two attached hydrogens (primary N) is 1. The zero-order valence-corrected chi connectivity index (χ0v) is 29.0. The summed E-state index contributed by atoms with van der Waals surface area (Å²) in [6, 6.07) is 5.29. The minimum Gasteiger partial charge on any atom is -0.505 e. The SMILES string of the molecule is Nc1c(/N=N/c2cc(F)ccc2S(=O)(=O)O)c(S(=O)(=O)O)cc2cc(S(=O)(=O)O)c(/N=N/c3cc(Nc4nc(F)cc(F)n4)ccc3S(=O)(=O)O)c(O)c12. The largest absolute Gasteiger partial charge is 0.505 e. The van der Waals surface area contributed by atoms with Gasteiger partial charge in [-0.1, -0.05) is 0 Å². The van der Waals surface area contributed by atoms with E-state index in [0.717, 1.165) is 12.1 Å². The minimum atomic E-state index is -5.48. The highest BCUT2D eigenvalue weighted by molar-refractivity contribution is 7.86. The van der Waals surface area contributed by atoms with Crippen LogP contribution >= 0.6 is 0 Å². The fourth-order valence-electron chi connectivity index (χ4n) is 4.57. The summed E-state index contributed by atoms with van der Waals surface area (Å²) in [5, 5.41) is 26.0. The molecule has 284 valence electrons. The second kappa shape index (κ2) is 13.9. The van der Waals surface area contributed by atoms with Gasteiger partial charge in [-0.15, -0.1) is 20.5 Å². The Morgan fingerprint density at radius 3 is 1.57 bits per heavy atom. The van der Waals surface area contributed by atoms with E-state index in [-0.39, 0.29) is 5.69 Å². The lowest BCUT2D eigenvalue weighted by molar-refractivity contribution is 0.472. The summed E-state index contributed by atoms with van der Waals surface area (Å²) in [6.07, 6.45) is 0. The number of nitrogens with one attached hydrogen (secondary N) is 1. The Balaban J connectivity index is 1.76. The minimum absolute atomic E-state index is 0.258. The molecule has 28 heteroatoms. The number of rotatable bonds is 10. The molecule has 0 amide bonds. The van der Waals surface area contributed by atoms with Gasteiger partial charge in [-0.25, -0.2) is 4.39 Å². The number of azo groups is 2. The van der Waals surface area contributed by atoms with Crippen LogP contribution in [0.25, 0.3) is 10.8 Å². The van der Waals surface area contributed by atoms with Gasteiger partial charge in [0.2, 0.25) is 17.8 Å². The highest BCUT2D eigenvalue weighted by Crippen LogP contribution is 2.48. The number of phenols is 1. The lowest BCUT2D eigenvalue weighted by Gasteiger charge is -2.14. The maximum Gasteiger partial charge on any atom is 0.296 e. The first kappa shape index (κ1) is 39.5. The van der Waals surface area contributed by atoms with Crippen molar-refractivity contribution in [2.75, 3.05) is 11.1 Å². The zero-order valence-electron chi connectivity index (χ0n) is 25.7. The second-order valence-corrected chi connectivity index (χ2v) is 15.9. The van der Waals surface area contributed by atoms with Crippen LogP contribution in [0.4, 0.5) is 53.2 Å². The first-order chi connectivity index (χ1) is 24.8. The summed E-state index contributed by atoms with van der Waals surface area (Å²) in [5.41, 5.74) is 0.747. The van der Waals surface area contributed by atoms with Crippen molar-refractivity contribution >= 4 is 91.3 Å². The Morgan fingerprint density at radius 1 is 0.593 bits per heavy atom. The summed E-state index contributed by atoms with van der Waals surface area (Å²) in [6.45, 7) is 0. The average molecular weight is 835 g/mol. The maximum absolute atomic E-state index is 13.9. The van der Waals surface area contributed by atoms with Gasteiger partial charge in [-0.05, 0) is 47.9 Å². The molecule has 21 nitrogen and oxygen atoms in total. The van der Waals surface area contributed by atoms with Gasteiger partial charge in [-0.3, -0.25) is 18.2 Å². The highest BCUT2D eigenvalue weighted by Gasteiger charge is 2.29. The first-order valence-corrected chi connectivity index (χ1v) is 19.4. The number of nitrogens with zero attached hydrogens (tertiary/aromatic N) is 6. The molecule has 0 bridgehead atoms. The number of benzene rings is 4. The van der Waals surface area contributed by atoms with Gasteiger partial charge in [0.05, 0.1) is 11.1 Å². The smallest absolute Gasteiger partial charge is 0.296 e. The molecule has 0 spiro atoms. The molecule has 0 aliphatic rings. The summed E-state index contributed by atoms with van der Waals surface area (Å²) in [7, 11) is -21.1. The lowest BCUT2D eigenvalue weighted by Crippen LogP contribution is -2.04. The predicted octanol–water partition coefficient (Wildman–Crippen LogP) is 4.90.